The number of unbranched alkanes of at least 4 members (excludes halogenated alkanes) is 4. The van der Waals surface area contributed by atoms with Gasteiger partial charge in [-0.2, -0.15) is 0 Å². The number of ether oxygens (including phenoxy) is 1. The summed E-state index contributed by atoms with van der Waals surface area (Å²) in [5.74, 6) is 2.49. The molecule has 182 valence electrons. The lowest BCUT2D eigenvalue weighted by Gasteiger charge is -2.28. The van der Waals surface area contributed by atoms with Crippen LogP contribution in [0.5, 0.6) is 5.75 Å². The number of hydrogen-bond acceptors (Lipinski definition) is 1. The Morgan fingerprint density at radius 2 is 1.27 bits per heavy atom. The van der Waals surface area contributed by atoms with Gasteiger partial charge in [0.25, 0.3) is 0 Å². The molecule has 1 nitrogen and oxygen atoms in total. The molecule has 1 saturated carbocycles. The lowest BCUT2D eigenvalue weighted by atomic mass is 9.80. The maximum Gasteiger partial charge on any atom is 0.137 e. The minimum atomic E-state index is 0.688. The van der Waals surface area contributed by atoms with Crippen LogP contribution in [0, 0.1) is 11.8 Å². The van der Waals surface area contributed by atoms with Gasteiger partial charge in [0.05, 0.1) is 11.6 Å². The van der Waals surface area contributed by atoms with Gasteiger partial charge in [0.15, 0.2) is 0 Å². The van der Waals surface area contributed by atoms with E-state index >= 15 is 0 Å². The average Bonchev–Trinajstić information content (AvgIpc) is 2.84. The second-order valence-corrected chi connectivity index (χ2v) is 10.6. The molecule has 2 aromatic rings. The van der Waals surface area contributed by atoms with Gasteiger partial charge in [-0.15, -0.1) is 0 Å². The van der Waals surface area contributed by atoms with Crippen LogP contribution < -0.4 is 4.74 Å². The van der Waals surface area contributed by atoms with Crippen molar-refractivity contribution < 1.29 is 4.74 Å². The summed E-state index contributed by atoms with van der Waals surface area (Å²) < 4.78 is 6.15. The van der Waals surface area contributed by atoms with Crippen molar-refractivity contribution in [3.8, 4) is 5.75 Å². The molecule has 0 amide bonds. The molecule has 1 aliphatic carbocycles. The number of halogens is 1. The zero-order valence-electron chi connectivity index (χ0n) is 21.1. The van der Waals surface area contributed by atoms with Crippen LogP contribution in [0.1, 0.15) is 101 Å². The molecule has 2 aromatic carbocycles. The van der Waals surface area contributed by atoms with E-state index in [4.69, 9.17) is 16.3 Å². The lowest BCUT2D eigenvalue weighted by molar-refractivity contribution is 0.178. The van der Waals surface area contributed by atoms with E-state index in [9.17, 15) is 0 Å². The van der Waals surface area contributed by atoms with Crippen LogP contribution in [0.3, 0.4) is 0 Å². The molecule has 3 rings (SSSR count). The third-order valence-corrected chi connectivity index (χ3v) is 7.74. The summed E-state index contributed by atoms with van der Waals surface area (Å²) >= 11 is 6.58. The summed E-state index contributed by atoms with van der Waals surface area (Å²) in [6, 6.07) is 15.5. The monoisotopic (exact) mass is 468 g/mol. The number of aryl methyl sites for hydroxylation is 3. The van der Waals surface area contributed by atoms with E-state index < -0.39 is 0 Å². The van der Waals surface area contributed by atoms with E-state index in [0.717, 1.165) is 36.1 Å². The van der Waals surface area contributed by atoms with Crippen molar-refractivity contribution in [2.24, 2.45) is 11.8 Å². The molecular formula is C31H45ClO. The van der Waals surface area contributed by atoms with Crippen molar-refractivity contribution in [2.75, 3.05) is 6.61 Å². The second kappa shape index (κ2) is 14.7. The minimum absolute atomic E-state index is 0.688. The molecular weight excluding hydrogens is 424 g/mol. The van der Waals surface area contributed by atoms with Crippen LogP contribution in [0.15, 0.2) is 42.5 Å². The molecule has 2 heteroatoms. The van der Waals surface area contributed by atoms with E-state index in [0.29, 0.717) is 5.92 Å². The zero-order valence-corrected chi connectivity index (χ0v) is 21.8. The molecule has 1 aliphatic rings. The van der Waals surface area contributed by atoms with Gasteiger partial charge in [0, 0.05) is 0 Å². The summed E-state index contributed by atoms with van der Waals surface area (Å²) in [7, 11) is 0. The molecule has 0 spiro atoms. The van der Waals surface area contributed by atoms with Crippen molar-refractivity contribution >= 4 is 11.6 Å². The molecule has 1 fully saturated rings. The maximum atomic E-state index is 6.58. The summed E-state index contributed by atoms with van der Waals surface area (Å²) in [5, 5.41) is 0.757. The van der Waals surface area contributed by atoms with Gasteiger partial charge in [0.1, 0.15) is 5.75 Å². The van der Waals surface area contributed by atoms with Gasteiger partial charge >= 0.3 is 0 Å². The quantitative estimate of drug-likeness (QED) is 0.251. The number of rotatable bonds is 14. The van der Waals surface area contributed by atoms with Gasteiger partial charge in [-0.25, -0.2) is 0 Å². The Labute approximate surface area is 208 Å². The van der Waals surface area contributed by atoms with Crippen molar-refractivity contribution in [2.45, 2.75) is 104 Å². The molecule has 0 saturated heterocycles. The fourth-order valence-electron chi connectivity index (χ4n) is 5.13. The van der Waals surface area contributed by atoms with E-state index in [-0.39, 0.29) is 0 Å². The highest BCUT2D eigenvalue weighted by Crippen LogP contribution is 2.33. The summed E-state index contributed by atoms with van der Waals surface area (Å²) in [6.45, 7) is 5.36. The molecule has 0 heterocycles. The average molecular weight is 469 g/mol. The van der Waals surface area contributed by atoms with E-state index in [1.807, 2.05) is 0 Å². The first-order chi connectivity index (χ1) is 16.2. The number of benzene rings is 2. The zero-order chi connectivity index (χ0) is 23.3. The smallest absolute Gasteiger partial charge is 0.137 e. The van der Waals surface area contributed by atoms with Gasteiger partial charge in [-0.05, 0) is 79.2 Å². The Hall–Kier alpha value is -1.47. The van der Waals surface area contributed by atoms with Gasteiger partial charge in [-0.1, -0.05) is 107 Å². The first kappa shape index (κ1) is 26.1. The first-order valence-electron chi connectivity index (χ1n) is 13.7. The van der Waals surface area contributed by atoms with Gasteiger partial charge < -0.3 is 4.74 Å². The van der Waals surface area contributed by atoms with Crippen LogP contribution >= 0.6 is 11.6 Å². The third kappa shape index (κ3) is 9.36. The topological polar surface area (TPSA) is 9.23 Å². The Kier molecular flexibility index (Phi) is 11.7. The minimum Gasteiger partial charge on any atom is -0.492 e. The normalized spacial score (nSPS) is 18.4. The lowest BCUT2D eigenvalue weighted by Crippen LogP contribution is -2.20. The van der Waals surface area contributed by atoms with Crippen LogP contribution in [-0.2, 0) is 19.3 Å². The Morgan fingerprint density at radius 3 is 1.94 bits per heavy atom. The van der Waals surface area contributed by atoms with Gasteiger partial charge in [-0.3, -0.25) is 0 Å². The Morgan fingerprint density at radius 1 is 0.697 bits per heavy atom. The molecule has 33 heavy (non-hydrogen) atoms. The molecule has 0 unspecified atom stereocenters. The number of hydrogen-bond donors (Lipinski definition) is 0. The molecule has 0 bridgehead atoms. The van der Waals surface area contributed by atoms with Crippen molar-refractivity contribution in [1.82, 2.24) is 0 Å². The van der Waals surface area contributed by atoms with Crippen molar-refractivity contribution in [3.63, 3.8) is 0 Å². The predicted molar refractivity (Wildman–Crippen MR) is 144 cm³/mol. The van der Waals surface area contributed by atoms with Crippen LogP contribution in [0.4, 0.5) is 0 Å². The van der Waals surface area contributed by atoms with Gasteiger partial charge in [0.2, 0.25) is 0 Å². The highest BCUT2D eigenvalue weighted by atomic mass is 35.5. The fraction of sp³-hybridized carbons (Fsp3) is 0.613. The predicted octanol–water partition coefficient (Wildman–Crippen LogP) is 9.62. The van der Waals surface area contributed by atoms with Crippen LogP contribution in [0.25, 0.3) is 0 Å². The molecule has 0 radical (unpaired) electrons. The van der Waals surface area contributed by atoms with E-state index in [1.54, 1.807) is 0 Å². The van der Waals surface area contributed by atoms with Crippen molar-refractivity contribution in [3.05, 3.63) is 64.2 Å². The highest BCUT2D eigenvalue weighted by Gasteiger charge is 2.21. The largest absolute Gasteiger partial charge is 0.492 e. The van der Waals surface area contributed by atoms with E-state index in [1.165, 1.54) is 93.7 Å². The summed E-state index contributed by atoms with van der Waals surface area (Å²) in [4.78, 5) is 0. The maximum absolute atomic E-state index is 6.58. The highest BCUT2D eigenvalue weighted by molar-refractivity contribution is 6.32. The standard InChI is InChI=1S/C31H45ClO/c1-3-5-7-9-25-11-13-27(14-12-25)15-18-28-21-22-31(30(32)23-28)33-24-29-19-16-26(17-20-29)10-8-6-4-2/h11-14,21-23,26,29H,3-10,15-20,24H2,1-2H3. The van der Waals surface area contributed by atoms with Crippen LogP contribution in [0.2, 0.25) is 5.02 Å². The van der Waals surface area contributed by atoms with Crippen molar-refractivity contribution in [1.29, 1.82) is 0 Å². The fourth-order valence-corrected chi connectivity index (χ4v) is 5.39. The SMILES string of the molecule is CCCCCc1ccc(CCc2ccc(OCC3CCC(CCCCC)CC3)c(Cl)c2)cc1. The molecule has 0 aliphatic heterocycles. The third-order valence-electron chi connectivity index (χ3n) is 7.45. The summed E-state index contributed by atoms with van der Waals surface area (Å²) in [5.41, 5.74) is 4.14. The Balaban J connectivity index is 1.38. The summed E-state index contributed by atoms with van der Waals surface area (Å²) in [6.07, 6.45) is 18.1. The molecule has 0 atom stereocenters. The molecule has 0 N–H and O–H groups in total. The van der Waals surface area contributed by atoms with E-state index in [2.05, 4.69) is 56.3 Å². The Bertz CT molecular complexity index is 789. The first-order valence-corrected chi connectivity index (χ1v) is 14.0. The molecule has 0 aromatic heterocycles. The van der Waals surface area contributed by atoms with Crippen LogP contribution in [-0.4, -0.2) is 6.61 Å². The second-order valence-electron chi connectivity index (χ2n) is 10.2.